The molecule has 2 bridgehead atoms. The number of carbonyl (C=O) groups excluding carboxylic acids is 2. The number of nitrogens with one attached hydrogen (secondary N) is 2. The van der Waals surface area contributed by atoms with Crippen molar-refractivity contribution in [2.45, 2.75) is 31.0 Å². The van der Waals surface area contributed by atoms with Crippen LogP contribution < -0.4 is 10.8 Å². The third-order valence-electron chi connectivity index (χ3n) is 5.03. The molecule has 28 heavy (non-hydrogen) atoms. The average molecular weight is 416 g/mol. The fraction of sp³-hybridized carbons (Fsp3) is 0.643. The smallest absolute Gasteiger partial charge is 0.314 e. The van der Waals surface area contributed by atoms with Gasteiger partial charge < -0.3 is 10.2 Å². The summed E-state index contributed by atoms with van der Waals surface area (Å²) in [5.74, 6) is -0.587. The minimum absolute atomic E-state index is 0.00385. The maximum atomic E-state index is 12.9. The Labute approximate surface area is 160 Å². The van der Waals surface area contributed by atoms with Gasteiger partial charge in [-0.3, -0.25) is 18.9 Å². The highest BCUT2D eigenvalue weighted by Gasteiger charge is 2.54. The van der Waals surface area contributed by atoms with Crippen LogP contribution in [0.1, 0.15) is 36.2 Å². The molecular weight excluding hydrogens is 396 g/mol. The molecule has 4 heterocycles. The SMILES string of the molecule is Cn1ncc2c1C(C(=O)NOC1CCCNC1)N1CC2N(OS(=O)(=O)O)C1=O. The molecule has 0 spiro atoms. The van der Waals surface area contributed by atoms with Crippen molar-refractivity contribution in [2.75, 3.05) is 19.6 Å². The molecule has 14 heteroatoms. The summed E-state index contributed by atoms with van der Waals surface area (Å²) < 4.78 is 37.1. The van der Waals surface area contributed by atoms with Crippen LogP contribution in [0, 0.1) is 0 Å². The summed E-state index contributed by atoms with van der Waals surface area (Å²) in [6.07, 6.45) is 2.95. The van der Waals surface area contributed by atoms with Crippen molar-refractivity contribution in [3.8, 4) is 0 Å². The van der Waals surface area contributed by atoms with Gasteiger partial charge in [0.2, 0.25) is 0 Å². The van der Waals surface area contributed by atoms with Crippen LogP contribution in [-0.2, 0) is 31.4 Å². The number of piperidine rings is 1. The van der Waals surface area contributed by atoms with Crippen LogP contribution >= 0.6 is 0 Å². The van der Waals surface area contributed by atoms with Crippen LogP contribution in [0.15, 0.2) is 6.20 Å². The van der Waals surface area contributed by atoms with Gasteiger partial charge in [0.15, 0.2) is 6.04 Å². The molecule has 1 aromatic rings. The van der Waals surface area contributed by atoms with Gasteiger partial charge in [-0.05, 0) is 19.4 Å². The van der Waals surface area contributed by atoms with Crippen LogP contribution in [0.2, 0.25) is 0 Å². The van der Waals surface area contributed by atoms with Gasteiger partial charge >= 0.3 is 16.4 Å². The largest absolute Gasteiger partial charge is 0.418 e. The van der Waals surface area contributed by atoms with Gasteiger partial charge in [-0.15, -0.1) is 4.28 Å². The molecule has 0 saturated carbocycles. The predicted molar refractivity (Wildman–Crippen MR) is 90.4 cm³/mol. The summed E-state index contributed by atoms with van der Waals surface area (Å²) in [4.78, 5) is 32.1. The Balaban J connectivity index is 1.59. The van der Waals surface area contributed by atoms with E-state index in [0.29, 0.717) is 22.9 Å². The molecule has 154 valence electrons. The number of hydroxylamine groups is 3. The number of nitrogens with zero attached hydrogens (tertiary/aromatic N) is 4. The van der Waals surface area contributed by atoms with Gasteiger partial charge in [-0.2, -0.15) is 18.6 Å². The number of carbonyl (C=O) groups is 2. The molecule has 3 aliphatic rings. The molecule has 4 rings (SSSR count). The first-order valence-electron chi connectivity index (χ1n) is 8.71. The van der Waals surface area contributed by atoms with Crippen molar-refractivity contribution in [2.24, 2.45) is 7.05 Å². The molecule has 3 unspecified atom stereocenters. The van der Waals surface area contributed by atoms with E-state index >= 15 is 0 Å². The second kappa shape index (κ2) is 6.97. The average Bonchev–Trinajstić information content (AvgIpc) is 3.15. The number of aromatic nitrogens is 2. The number of amides is 3. The van der Waals surface area contributed by atoms with E-state index in [-0.39, 0.29) is 12.6 Å². The van der Waals surface area contributed by atoms with Crippen molar-refractivity contribution >= 4 is 22.3 Å². The van der Waals surface area contributed by atoms with Gasteiger partial charge in [0.25, 0.3) is 5.91 Å². The minimum atomic E-state index is -4.92. The zero-order valence-corrected chi connectivity index (χ0v) is 15.8. The zero-order valence-electron chi connectivity index (χ0n) is 14.9. The second-order valence-corrected chi connectivity index (χ2v) is 7.85. The minimum Gasteiger partial charge on any atom is -0.314 e. The molecule has 13 nitrogen and oxygen atoms in total. The van der Waals surface area contributed by atoms with Gasteiger partial charge in [-0.25, -0.2) is 10.3 Å². The van der Waals surface area contributed by atoms with Crippen molar-refractivity contribution in [3.63, 3.8) is 0 Å². The Hall–Kier alpha value is -2.26. The van der Waals surface area contributed by atoms with Crippen molar-refractivity contribution in [1.29, 1.82) is 0 Å². The van der Waals surface area contributed by atoms with Crippen molar-refractivity contribution in [1.82, 2.24) is 30.5 Å². The molecule has 0 radical (unpaired) electrons. The van der Waals surface area contributed by atoms with Crippen LogP contribution in [0.5, 0.6) is 0 Å². The summed E-state index contributed by atoms with van der Waals surface area (Å²) in [5.41, 5.74) is 3.27. The quantitative estimate of drug-likeness (QED) is 0.396. The lowest BCUT2D eigenvalue weighted by atomic mass is 9.97. The van der Waals surface area contributed by atoms with E-state index in [4.69, 9.17) is 9.39 Å². The van der Waals surface area contributed by atoms with Crippen LogP contribution in [0.4, 0.5) is 4.79 Å². The van der Waals surface area contributed by atoms with Crippen LogP contribution in [-0.4, -0.2) is 70.4 Å². The molecule has 3 aliphatic heterocycles. The third kappa shape index (κ3) is 3.33. The summed E-state index contributed by atoms with van der Waals surface area (Å²) in [6, 6.07) is -2.78. The Kier molecular flexibility index (Phi) is 4.75. The van der Waals surface area contributed by atoms with Crippen molar-refractivity contribution < 1.29 is 31.7 Å². The standard InChI is InChI=1S/C14H20N6O7S/c1-18-11-9(6-16-18)10-7-19(14(22)20(10)27-28(23,24)25)12(11)13(21)17-26-8-3-2-4-15-5-8/h6,8,10,12,15H,2-5,7H2,1H3,(H,17,21)(H,23,24,25). The topological polar surface area (TPSA) is 155 Å². The zero-order chi connectivity index (χ0) is 20.1. The highest BCUT2D eigenvalue weighted by molar-refractivity contribution is 7.80. The van der Waals surface area contributed by atoms with E-state index in [1.165, 1.54) is 10.9 Å². The molecule has 1 aromatic heterocycles. The molecule has 3 atom stereocenters. The predicted octanol–water partition coefficient (Wildman–Crippen LogP) is -1.21. The number of hydrogen-bond acceptors (Lipinski definition) is 8. The number of rotatable bonds is 5. The highest BCUT2D eigenvalue weighted by atomic mass is 32.3. The monoisotopic (exact) mass is 416 g/mol. The number of aryl methyl sites for hydroxylation is 1. The van der Waals surface area contributed by atoms with Gasteiger partial charge in [0.1, 0.15) is 6.04 Å². The maximum absolute atomic E-state index is 12.9. The van der Waals surface area contributed by atoms with E-state index in [1.54, 1.807) is 7.05 Å². The Morgan fingerprint density at radius 2 is 2.25 bits per heavy atom. The molecule has 0 aliphatic carbocycles. The normalized spacial score (nSPS) is 27.1. The number of fused-ring (bicyclic) bond motifs is 4. The molecular formula is C14H20N6O7S. The summed E-state index contributed by atoms with van der Waals surface area (Å²) in [7, 11) is -3.31. The highest BCUT2D eigenvalue weighted by Crippen LogP contribution is 2.44. The molecule has 3 amide bonds. The lowest BCUT2D eigenvalue weighted by molar-refractivity contribution is -0.144. The molecule has 2 saturated heterocycles. The Bertz CT molecular complexity index is 896. The fourth-order valence-corrected chi connectivity index (χ4v) is 4.18. The first-order valence-corrected chi connectivity index (χ1v) is 10.1. The van der Waals surface area contributed by atoms with E-state index in [1.807, 2.05) is 0 Å². The maximum Gasteiger partial charge on any atom is 0.418 e. The lowest BCUT2D eigenvalue weighted by Crippen LogP contribution is -2.47. The molecule has 2 fully saturated rings. The third-order valence-corrected chi connectivity index (χ3v) is 5.38. The van der Waals surface area contributed by atoms with Gasteiger partial charge in [0, 0.05) is 19.2 Å². The summed E-state index contributed by atoms with van der Waals surface area (Å²) in [6.45, 7) is 1.49. The van der Waals surface area contributed by atoms with Gasteiger partial charge in [-0.1, -0.05) is 0 Å². The van der Waals surface area contributed by atoms with E-state index in [0.717, 1.165) is 24.3 Å². The Morgan fingerprint density at radius 1 is 1.46 bits per heavy atom. The Morgan fingerprint density at radius 3 is 2.93 bits per heavy atom. The van der Waals surface area contributed by atoms with Gasteiger partial charge in [0.05, 0.1) is 24.5 Å². The van der Waals surface area contributed by atoms with E-state index in [9.17, 15) is 18.0 Å². The lowest BCUT2D eigenvalue weighted by Gasteiger charge is -2.30. The van der Waals surface area contributed by atoms with E-state index in [2.05, 4.69) is 20.2 Å². The second-order valence-electron chi connectivity index (χ2n) is 6.84. The first-order chi connectivity index (χ1) is 13.3. The fourth-order valence-electron chi connectivity index (χ4n) is 3.81. The summed E-state index contributed by atoms with van der Waals surface area (Å²) in [5, 5.41) is 7.81. The number of hydrogen-bond donors (Lipinski definition) is 3. The number of urea groups is 1. The van der Waals surface area contributed by atoms with Crippen LogP contribution in [0.25, 0.3) is 0 Å². The van der Waals surface area contributed by atoms with E-state index < -0.39 is 34.4 Å². The summed E-state index contributed by atoms with van der Waals surface area (Å²) >= 11 is 0. The molecule has 3 N–H and O–H groups in total. The molecule has 0 aromatic carbocycles. The van der Waals surface area contributed by atoms with Crippen LogP contribution in [0.3, 0.4) is 0 Å². The first kappa shape index (κ1) is 19.1. The van der Waals surface area contributed by atoms with Crippen molar-refractivity contribution in [3.05, 3.63) is 17.5 Å².